The smallest absolute Gasteiger partial charge is 0.257 e. The van der Waals surface area contributed by atoms with Crippen molar-refractivity contribution in [2.75, 3.05) is 13.1 Å². The van der Waals surface area contributed by atoms with Crippen molar-refractivity contribution in [1.29, 1.82) is 0 Å². The van der Waals surface area contributed by atoms with Crippen LogP contribution >= 0.6 is 0 Å². The van der Waals surface area contributed by atoms with Gasteiger partial charge in [-0.1, -0.05) is 18.2 Å². The number of nitrogens with two attached hydrogens (primary N) is 1. The van der Waals surface area contributed by atoms with Gasteiger partial charge in [0.25, 0.3) is 5.91 Å². The molecule has 0 aliphatic carbocycles. The number of rotatable bonds is 3. The summed E-state index contributed by atoms with van der Waals surface area (Å²) in [5.41, 5.74) is 7.11. The van der Waals surface area contributed by atoms with Gasteiger partial charge in [0.15, 0.2) is 0 Å². The molecule has 24 heavy (non-hydrogen) atoms. The Balaban J connectivity index is 1.86. The average Bonchev–Trinajstić information content (AvgIpc) is 2.61. The quantitative estimate of drug-likeness (QED) is 0.935. The molecule has 0 saturated carbocycles. The van der Waals surface area contributed by atoms with Gasteiger partial charge in [-0.2, -0.15) is 0 Å². The third kappa shape index (κ3) is 3.31. The minimum absolute atomic E-state index is 0.0255. The van der Waals surface area contributed by atoms with Crippen LogP contribution in [0.15, 0.2) is 42.5 Å². The number of amides is 1. The van der Waals surface area contributed by atoms with Gasteiger partial charge in [-0.05, 0) is 54.7 Å². The number of hydrogen-bond donors (Lipinski definition) is 1. The summed E-state index contributed by atoms with van der Waals surface area (Å²) in [6, 6.07) is 10.3. The number of nitrogens with zero attached hydrogens (tertiary/aromatic N) is 1. The van der Waals surface area contributed by atoms with Crippen LogP contribution in [0.3, 0.4) is 0 Å². The Morgan fingerprint density at radius 2 is 1.79 bits per heavy atom. The summed E-state index contributed by atoms with van der Waals surface area (Å²) in [7, 11) is 0. The lowest BCUT2D eigenvalue weighted by molar-refractivity contribution is 0.0618. The zero-order valence-corrected chi connectivity index (χ0v) is 13.3. The largest absolute Gasteiger partial charge is 0.334 e. The predicted octanol–water partition coefficient (Wildman–Crippen LogP) is 3.59. The average molecular weight is 330 g/mol. The molecule has 0 radical (unpaired) electrons. The van der Waals surface area contributed by atoms with Crippen LogP contribution in [-0.2, 0) is 0 Å². The molecule has 1 amide bonds. The number of hydrogen-bond acceptors (Lipinski definition) is 2. The molecule has 0 aromatic heterocycles. The molecule has 1 unspecified atom stereocenters. The molecule has 1 saturated heterocycles. The fraction of sp³-hybridized carbons (Fsp3) is 0.316. The van der Waals surface area contributed by atoms with Crippen LogP contribution < -0.4 is 5.73 Å². The molecule has 126 valence electrons. The highest BCUT2D eigenvalue weighted by molar-refractivity contribution is 5.95. The van der Waals surface area contributed by atoms with Crippen molar-refractivity contribution in [3.63, 3.8) is 0 Å². The van der Waals surface area contributed by atoms with E-state index < -0.39 is 5.82 Å². The molecule has 1 aliphatic rings. The van der Waals surface area contributed by atoms with E-state index in [0.29, 0.717) is 24.2 Å². The van der Waals surface area contributed by atoms with Gasteiger partial charge in [0.05, 0.1) is 5.56 Å². The van der Waals surface area contributed by atoms with E-state index in [0.717, 1.165) is 19.3 Å². The van der Waals surface area contributed by atoms with E-state index in [2.05, 4.69) is 0 Å². The summed E-state index contributed by atoms with van der Waals surface area (Å²) < 4.78 is 27.5. The first-order chi connectivity index (χ1) is 11.6. The van der Waals surface area contributed by atoms with E-state index >= 15 is 0 Å². The zero-order chi connectivity index (χ0) is 17.1. The Kier molecular flexibility index (Phi) is 4.90. The molecule has 1 aliphatic heterocycles. The maximum atomic E-state index is 14.5. The summed E-state index contributed by atoms with van der Waals surface area (Å²) in [5.74, 6) is -1.22. The van der Waals surface area contributed by atoms with E-state index in [1.54, 1.807) is 23.1 Å². The normalized spacial score (nSPS) is 17.8. The molecule has 0 bridgehead atoms. The number of benzene rings is 2. The molecule has 5 heteroatoms. The Morgan fingerprint density at radius 3 is 2.46 bits per heavy atom. The first-order valence-electron chi connectivity index (χ1n) is 8.16. The number of likely N-dealkylation sites (tertiary alicyclic amines) is 1. The van der Waals surface area contributed by atoms with Gasteiger partial charge < -0.3 is 10.6 Å². The van der Waals surface area contributed by atoms with Crippen molar-refractivity contribution < 1.29 is 13.6 Å². The van der Waals surface area contributed by atoms with Crippen molar-refractivity contribution in [3.05, 3.63) is 59.7 Å². The molecular formula is C19H20F2N2O. The summed E-state index contributed by atoms with van der Waals surface area (Å²) in [6.07, 6.45) is 2.81. The lowest BCUT2D eigenvalue weighted by Gasteiger charge is -2.35. The lowest BCUT2D eigenvalue weighted by atomic mass is 9.99. The monoisotopic (exact) mass is 330 g/mol. The number of piperidine rings is 1. The third-order valence-corrected chi connectivity index (χ3v) is 4.54. The minimum atomic E-state index is -0.567. The van der Waals surface area contributed by atoms with Gasteiger partial charge in [-0.15, -0.1) is 0 Å². The maximum Gasteiger partial charge on any atom is 0.257 e. The van der Waals surface area contributed by atoms with Crippen molar-refractivity contribution in [2.24, 2.45) is 5.73 Å². The standard InChI is InChI=1S/C19H20F2N2O/c20-15-7-4-13(5-8-15)14-6-9-17(18(21)11-14)19(24)23-10-2-1-3-16(23)12-22/h4-9,11,16H,1-3,10,12,22H2. The summed E-state index contributed by atoms with van der Waals surface area (Å²) in [6.45, 7) is 1.00. The predicted molar refractivity (Wildman–Crippen MR) is 89.5 cm³/mol. The van der Waals surface area contributed by atoms with Gasteiger partial charge in [-0.3, -0.25) is 4.79 Å². The van der Waals surface area contributed by atoms with E-state index in [9.17, 15) is 13.6 Å². The van der Waals surface area contributed by atoms with Crippen LogP contribution in [0, 0.1) is 11.6 Å². The van der Waals surface area contributed by atoms with Gasteiger partial charge in [0.1, 0.15) is 11.6 Å². The first kappa shape index (κ1) is 16.6. The van der Waals surface area contributed by atoms with Gasteiger partial charge >= 0.3 is 0 Å². The highest BCUT2D eigenvalue weighted by Gasteiger charge is 2.28. The van der Waals surface area contributed by atoms with Crippen LogP contribution in [-0.4, -0.2) is 29.9 Å². The molecular weight excluding hydrogens is 310 g/mol. The molecule has 3 nitrogen and oxygen atoms in total. The Bertz CT molecular complexity index is 731. The Morgan fingerprint density at radius 1 is 1.08 bits per heavy atom. The van der Waals surface area contributed by atoms with Crippen molar-refractivity contribution in [3.8, 4) is 11.1 Å². The first-order valence-corrected chi connectivity index (χ1v) is 8.16. The van der Waals surface area contributed by atoms with Crippen LogP contribution in [0.5, 0.6) is 0 Å². The molecule has 0 spiro atoms. The fourth-order valence-electron chi connectivity index (χ4n) is 3.18. The van der Waals surface area contributed by atoms with Crippen molar-refractivity contribution >= 4 is 5.91 Å². The van der Waals surface area contributed by atoms with E-state index in [1.165, 1.54) is 24.3 Å². The van der Waals surface area contributed by atoms with Gasteiger partial charge in [0.2, 0.25) is 0 Å². The van der Waals surface area contributed by atoms with Crippen LogP contribution in [0.25, 0.3) is 11.1 Å². The molecule has 2 N–H and O–H groups in total. The summed E-state index contributed by atoms with van der Waals surface area (Å²) in [5, 5.41) is 0. The lowest BCUT2D eigenvalue weighted by Crippen LogP contribution is -2.47. The number of carbonyl (C=O) groups is 1. The number of carbonyl (C=O) groups excluding carboxylic acids is 1. The topological polar surface area (TPSA) is 46.3 Å². The SMILES string of the molecule is NCC1CCCCN1C(=O)c1ccc(-c2ccc(F)cc2)cc1F. The van der Waals surface area contributed by atoms with E-state index in [1.807, 2.05) is 0 Å². The van der Waals surface area contributed by atoms with Crippen LogP contribution in [0.2, 0.25) is 0 Å². The highest BCUT2D eigenvalue weighted by Crippen LogP contribution is 2.25. The Hall–Kier alpha value is -2.27. The fourth-order valence-corrected chi connectivity index (χ4v) is 3.18. The number of halogens is 2. The molecule has 1 atom stereocenters. The van der Waals surface area contributed by atoms with Crippen LogP contribution in [0.4, 0.5) is 8.78 Å². The second-order valence-corrected chi connectivity index (χ2v) is 6.09. The van der Waals surface area contributed by atoms with E-state index in [-0.39, 0.29) is 23.3 Å². The molecule has 3 rings (SSSR count). The maximum absolute atomic E-state index is 14.5. The molecule has 2 aromatic rings. The van der Waals surface area contributed by atoms with Crippen LogP contribution in [0.1, 0.15) is 29.6 Å². The minimum Gasteiger partial charge on any atom is -0.334 e. The van der Waals surface area contributed by atoms with Gasteiger partial charge in [-0.25, -0.2) is 8.78 Å². The third-order valence-electron chi connectivity index (χ3n) is 4.54. The molecule has 1 fully saturated rings. The molecule has 1 heterocycles. The van der Waals surface area contributed by atoms with E-state index in [4.69, 9.17) is 5.73 Å². The zero-order valence-electron chi connectivity index (χ0n) is 13.3. The van der Waals surface area contributed by atoms with Crippen molar-refractivity contribution in [2.45, 2.75) is 25.3 Å². The second-order valence-electron chi connectivity index (χ2n) is 6.09. The highest BCUT2D eigenvalue weighted by atomic mass is 19.1. The summed E-state index contributed by atoms with van der Waals surface area (Å²) in [4.78, 5) is 14.3. The van der Waals surface area contributed by atoms with Gasteiger partial charge in [0, 0.05) is 19.1 Å². The Labute approximate surface area is 140 Å². The molecule has 2 aromatic carbocycles. The van der Waals surface area contributed by atoms with Crippen molar-refractivity contribution in [1.82, 2.24) is 4.90 Å². The second kappa shape index (κ2) is 7.09. The summed E-state index contributed by atoms with van der Waals surface area (Å²) >= 11 is 0.